The fraction of sp³-hybridized carbons (Fsp3) is 0.571. The molecule has 0 bridgehead atoms. The van der Waals surface area contributed by atoms with Gasteiger partial charge in [0.1, 0.15) is 0 Å². The van der Waals surface area contributed by atoms with Gasteiger partial charge in [-0.1, -0.05) is 39.5 Å². The van der Waals surface area contributed by atoms with E-state index in [1.165, 1.54) is 11.3 Å². The van der Waals surface area contributed by atoms with Crippen LogP contribution >= 0.6 is 0 Å². The lowest BCUT2D eigenvalue weighted by atomic mass is 9.72. The topological polar surface area (TPSA) is 3.24 Å². The highest BCUT2D eigenvalue weighted by atomic mass is 15.2. The number of fused-ring (bicyclic) bond motifs is 1. The molecule has 1 aromatic rings. The van der Waals surface area contributed by atoms with Gasteiger partial charge < -0.3 is 4.90 Å². The van der Waals surface area contributed by atoms with Crippen molar-refractivity contribution in [3.05, 3.63) is 29.8 Å². The lowest BCUT2D eigenvalue weighted by Crippen LogP contribution is -2.49. The zero-order valence-electron chi connectivity index (χ0n) is 9.76. The molecular formula is C14H23N. The number of hydrogen-bond donors (Lipinski definition) is 0. The van der Waals surface area contributed by atoms with Crippen LogP contribution in [-0.2, 0) is 5.41 Å². The van der Waals surface area contributed by atoms with Crippen LogP contribution in [0.25, 0.3) is 0 Å². The van der Waals surface area contributed by atoms with E-state index in [9.17, 15) is 0 Å². The molecule has 0 unspecified atom stereocenters. The van der Waals surface area contributed by atoms with Gasteiger partial charge in [0.05, 0.1) is 0 Å². The van der Waals surface area contributed by atoms with E-state index in [1.54, 1.807) is 0 Å². The normalized spacial score (nSPS) is 20.7. The van der Waals surface area contributed by atoms with E-state index in [0.717, 1.165) is 0 Å². The van der Waals surface area contributed by atoms with Gasteiger partial charge in [0.15, 0.2) is 0 Å². The van der Waals surface area contributed by atoms with Crippen LogP contribution in [0, 0.1) is 0 Å². The molecule has 0 aliphatic carbocycles. The van der Waals surface area contributed by atoms with E-state index in [2.05, 4.69) is 63.9 Å². The Morgan fingerprint density at radius 1 is 1.00 bits per heavy atom. The summed E-state index contributed by atoms with van der Waals surface area (Å²) in [6.45, 7) is 9.28. The molecule has 2 rings (SSSR count). The maximum absolute atomic E-state index is 2.39. The van der Waals surface area contributed by atoms with Crippen LogP contribution in [0.4, 0.5) is 5.69 Å². The van der Waals surface area contributed by atoms with Gasteiger partial charge >= 0.3 is 0 Å². The summed E-state index contributed by atoms with van der Waals surface area (Å²) in [4.78, 5) is 2.39. The molecular weight excluding hydrogens is 182 g/mol. The largest absolute Gasteiger partial charge is 0.368 e. The van der Waals surface area contributed by atoms with Gasteiger partial charge in [-0.15, -0.1) is 0 Å². The average molecular weight is 205 g/mol. The third-order valence-corrected chi connectivity index (χ3v) is 4.31. The Balaban J connectivity index is 0.00000112. The first-order valence-corrected chi connectivity index (χ1v) is 5.22. The van der Waals surface area contributed by atoms with Gasteiger partial charge in [-0.05, 0) is 25.5 Å². The van der Waals surface area contributed by atoms with E-state index in [1.807, 2.05) is 0 Å². The van der Waals surface area contributed by atoms with Crippen molar-refractivity contribution in [2.24, 2.45) is 0 Å². The molecule has 1 nitrogen and oxygen atoms in total. The minimum atomic E-state index is 0. The summed E-state index contributed by atoms with van der Waals surface area (Å²) < 4.78 is 0. The number of para-hydroxylation sites is 1. The predicted octanol–water partition coefficient (Wildman–Crippen LogP) is 3.83. The fourth-order valence-electron chi connectivity index (χ4n) is 2.34. The SMILES string of the molecule is C.CN1c2ccccc2C(C)(C)C1(C)C. The van der Waals surface area contributed by atoms with Crippen molar-refractivity contribution in [2.75, 3.05) is 11.9 Å². The third-order valence-electron chi connectivity index (χ3n) is 4.31. The van der Waals surface area contributed by atoms with E-state index in [0.29, 0.717) is 0 Å². The molecule has 0 aromatic heterocycles. The standard InChI is InChI=1S/C13H19N.CH4/c1-12(2)10-8-6-7-9-11(10)14(5)13(12,3)4;/h6-9H,1-5H3;1H4. The van der Waals surface area contributed by atoms with Crippen molar-refractivity contribution < 1.29 is 0 Å². The van der Waals surface area contributed by atoms with Crippen LogP contribution in [0.2, 0.25) is 0 Å². The molecule has 0 radical (unpaired) electrons. The highest BCUT2D eigenvalue weighted by Crippen LogP contribution is 2.50. The second kappa shape index (κ2) is 3.26. The Labute approximate surface area is 94.1 Å². The van der Waals surface area contributed by atoms with Crippen molar-refractivity contribution >= 4 is 5.69 Å². The molecule has 0 spiro atoms. The van der Waals surface area contributed by atoms with Crippen molar-refractivity contribution in [1.82, 2.24) is 0 Å². The quantitative estimate of drug-likeness (QED) is 0.622. The molecule has 1 aromatic carbocycles. The average Bonchev–Trinajstić information content (AvgIpc) is 2.27. The number of anilines is 1. The first-order valence-electron chi connectivity index (χ1n) is 5.22. The lowest BCUT2D eigenvalue weighted by Gasteiger charge is -2.40. The summed E-state index contributed by atoms with van der Waals surface area (Å²) >= 11 is 0. The Bertz CT molecular complexity index is 363. The predicted molar refractivity (Wildman–Crippen MR) is 68.7 cm³/mol. The highest BCUT2D eigenvalue weighted by molar-refractivity contribution is 5.65. The monoisotopic (exact) mass is 205 g/mol. The van der Waals surface area contributed by atoms with E-state index >= 15 is 0 Å². The number of nitrogens with zero attached hydrogens (tertiary/aromatic N) is 1. The molecule has 0 saturated carbocycles. The molecule has 0 N–H and O–H groups in total. The van der Waals surface area contributed by atoms with Crippen LogP contribution < -0.4 is 4.90 Å². The molecule has 0 atom stereocenters. The number of hydrogen-bond acceptors (Lipinski definition) is 1. The van der Waals surface area contributed by atoms with Crippen LogP contribution in [0.1, 0.15) is 40.7 Å². The first-order chi connectivity index (χ1) is 6.39. The Morgan fingerprint density at radius 2 is 1.53 bits per heavy atom. The molecule has 84 valence electrons. The van der Waals surface area contributed by atoms with Gasteiger partial charge in [0.2, 0.25) is 0 Å². The van der Waals surface area contributed by atoms with Gasteiger partial charge in [-0.25, -0.2) is 0 Å². The Kier molecular flexibility index (Phi) is 2.63. The fourth-order valence-corrected chi connectivity index (χ4v) is 2.34. The summed E-state index contributed by atoms with van der Waals surface area (Å²) in [5.41, 5.74) is 3.25. The minimum Gasteiger partial charge on any atom is -0.368 e. The molecule has 1 aliphatic heterocycles. The molecule has 1 aliphatic rings. The molecule has 0 fully saturated rings. The molecule has 0 saturated heterocycles. The zero-order valence-corrected chi connectivity index (χ0v) is 9.76. The van der Waals surface area contributed by atoms with E-state index in [-0.39, 0.29) is 18.4 Å². The van der Waals surface area contributed by atoms with Crippen LogP contribution in [0.3, 0.4) is 0 Å². The lowest BCUT2D eigenvalue weighted by molar-refractivity contribution is 0.322. The zero-order chi connectivity index (χ0) is 10.6. The second-order valence-corrected chi connectivity index (χ2v) is 5.26. The molecule has 0 amide bonds. The van der Waals surface area contributed by atoms with Crippen LogP contribution in [0.5, 0.6) is 0 Å². The number of rotatable bonds is 0. The van der Waals surface area contributed by atoms with Crippen molar-refractivity contribution in [3.8, 4) is 0 Å². The van der Waals surface area contributed by atoms with Gasteiger partial charge in [0, 0.05) is 23.7 Å². The smallest absolute Gasteiger partial charge is 0.0434 e. The van der Waals surface area contributed by atoms with Gasteiger partial charge in [0.25, 0.3) is 0 Å². The molecule has 15 heavy (non-hydrogen) atoms. The van der Waals surface area contributed by atoms with Crippen LogP contribution in [0.15, 0.2) is 24.3 Å². The van der Waals surface area contributed by atoms with Gasteiger partial charge in [-0.2, -0.15) is 0 Å². The minimum absolute atomic E-state index is 0. The van der Waals surface area contributed by atoms with Crippen molar-refractivity contribution in [2.45, 2.75) is 46.1 Å². The second-order valence-electron chi connectivity index (χ2n) is 5.26. The van der Waals surface area contributed by atoms with Gasteiger partial charge in [-0.3, -0.25) is 0 Å². The maximum Gasteiger partial charge on any atom is 0.0434 e. The summed E-state index contributed by atoms with van der Waals surface area (Å²) in [7, 11) is 2.19. The molecule has 1 heteroatoms. The number of benzene rings is 1. The van der Waals surface area contributed by atoms with Crippen LogP contribution in [-0.4, -0.2) is 12.6 Å². The summed E-state index contributed by atoms with van der Waals surface area (Å²) in [5, 5.41) is 0. The Morgan fingerprint density at radius 3 is 2.07 bits per heavy atom. The summed E-state index contributed by atoms with van der Waals surface area (Å²) in [6, 6.07) is 8.72. The molecule has 1 heterocycles. The highest BCUT2D eigenvalue weighted by Gasteiger charge is 2.48. The maximum atomic E-state index is 2.39. The number of likely N-dealkylation sites (N-methyl/N-ethyl adjacent to an activating group) is 1. The van der Waals surface area contributed by atoms with E-state index < -0.39 is 0 Å². The third kappa shape index (κ3) is 1.29. The summed E-state index contributed by atoms with van der Waals surface area (Å²) in [6.07, 6.45) is 0. The van der Waals surface area contributed by atoms with Crippen molar-refractivity contribution in [3.63, 3.8) is 0 Å². The van der Waals surface area contributed by atoms with E-state index in [4.69, 9.17) is 0 Å². The first kappa shape index (κ1) is 12.1. The summed E-state index contributed by atoms with van der Waals surface area (Å²) in [5.74, 6) is 0. The van der Waals surface area contributed by atoms with Crippen molar-refractivity contribution in [1.29, 1.82) is 0 Å². The Hall–Kier alpha value is -0.980.